The van der Waals surface area contributed by atoms with E-state index in [0.29, 0.717) is 17.9 Å². The van der Waals surface area contributed by atoms with Crippen LogP contribution >= 0.6 is 0 Å². The van der Waals surface area contributed by atoms with Gasteiger partial charge in [0.15, 0.2) is 0 Å². The van der Waals surface area contributed by atoms with Gasteiger partial charge in [0.2, 0.25) is 0 Å². The van der Waals surface area contributed by atoms with Crippen LogP contribution in [0.4, 0.5) is 0 Å². The maximum absolute atomic E-state index is 11.9. The van der Waals surface area contributed by atoms with E-state index in [9.17, 15) is 9.59 Å². The molecular formula is C15H21NO5. The van der Waals surface area contributed by atoms with Crippen molar-refractivity contribution in [2.24, 2.45) is 0 Å². The first-order valence-corrected chi connectivity index (χ1v) is 6.95. The maximum Gasteiger partial charge on any atom is 0.326 e. The summed E-state index contributed by atoms with van der Waals surface area (Å²) in [5.74, 6) is -0.988. The number of nitrogens with one attached hydrogen (secondary N) is 1. The number of carbonyl (C=O) groups is 2. The Morgan fingerprint density at radius 2 is 1.95 bits per heavy atom. The summed E-state index contributed by atoms with van der Waals surface area (Å²) < 4.78 is 5.48. The minimum atomic E-state index is -1.17. The van der Waals surface area contributed by atoms with E-state index in [1.54, 1.807) is 24.3 Å². The van der Waals surface area contributed by atoms with Crippen molar-refractivity contribution < 1.29 is 24.5 Å². The van der Waals surface area contributed by atoms with Crippen molar-refractivity contribution in [2.75, 3.05) is 13.2 Å². The molecule has 0 heterocycles. The van der Waals surface area contributed by atoms with Crippen LogP contribution < -0.4 is 10.1 Å². The predicted octanol–water partition coefficient (Wildman–Crippen LogP) is 1.43. The second-order valence-corrected chi connectivity index (χ2v) is 4.60. The zero-order valence-corrected chi connectivity index (χ0v) is 12.0. The Morgan fingerprint density at radius 1 is 1.29 bits per heavy atom. The smallest absolute Gasteiger partial charge is 0.326 e. The molecule has 6 nitrogen and oxygen atoms in total. The fourth-order valence-corrected chi connectivity index (χ4v) is 1.66. The number of aliphatic hydroxyl groups is 1. The molecule has 0 bridgehead atoms. The first-order valence-electron chi connectivity index (χ1n) is 6.95. The number of amides is 1. The monoisotopic (exact) mass is 295 g/mol. The van der Waals surface area contributed by atoms with Crippen molar-refractivity contribution in [1.29, 1.82) is 0 Å². The third-order valence-electron chi connectivity index (χ3n) is 2.90. The summed E-state index contributed by atoms with van der Waals surface area (Å²) in [4.78, 5) is 22.8. The average molecular weight is 295 g/mol. The lowest BCUT2D eigenvalue weighted by molar-refractivity contribution is -0.139. The topological polar surface area (TPSA) is 95.9 Å². The molecule has 116 valence electrons. The molecule has 0 aromatic heterocycles. The molecule has 0 aliphatic carbocycles. The third kappa shape index (κ3) is 5.83. The molecule has 0 aliphatic heterocycles. The summed E-state index contributed by atoms with van der Waals surface area (Å²) in [6, 6.07) is 5.41. The summed E-state index contributed by atoms with van der Waals surface area (Å²) in [5.41, 5.74) is 0.349. The first-order chi connectivity index (χ1) is 10.1. The van der Waals surface area contributed by atoms with Crippen molar-refractivity contribution in [3.8, 4) is 5.75 Å². The van der Waals surface area contributed by atoms with Gasteiger partial charge in [0, 0.05) is 18.6 Å². The molecule has 6 heteroatoms. The highest BCUT2D eigenvalue weighted by molar-refractivity contribution is 5.96. The fraction of sp³-hybridized carbons (Fsp3) is 0.467. The Morgan fingerprint density at radius 3 is 2.48 bits per heavy atom. The Bertz CT molecular complexity index is 458. The van der Waals surface area contributed by atoms with Gasteiger partial charge in [0.25, 0.3) is 5.91 Å². The molecule has 1 rings (SSSR count). The van der Waals surface area contributed by atoms with Gasteiger partial charge in [-0.05, 0) is 30.7 Å². The largest absolute Gasteiger partial charge is 0.494 e. The van der Waals surface area contributed by atoms with Crippen LogP contribution in [0.2, 0.25) is 0 Å². The number of benzene rings is 1. The van der Waals surface area contributed by atoms with E-state index >= 15 is 0 Å². The highest BCUT2D eigenvalue weighted by atomic mass is 16.5. The van der Waals surface area contributed by atoms with Gasteiger partial charge < -0.3 is 20.3 Å². The number of aliphatic hydroxyl groups excluding tert-OH is 1. The van der Waals surface area contributed by atoms with E-state index in [4.69, 9.17) is 14.9 Å². The lowest BCUT2D eigenvalue weighted by Gasteiger charge is -2.13. The molecule has 0 fully saturated rings. The predicted molar refractivity (Wildman–Crippen MR) is 77.4 cm³/mol. The number of carboxylic acids is 1. The number of aliphatic carboxylic acids is 1. The minimum Gasteiger partial charge on any atom is -0.494 e. The fourth-order valence-electron chi connectivity index (χ4n) is 1.66. The summed E-state index contributed by atoms with van der Waals surface area (Å²) in [6.45, 7) is 2.39. The number of hydrogen-bond donors (Lipinski definition) is 3. The molecule has 3 N–H and O–H groups in total. The van der Waals surface area contributed by atoms with Crippen molar-refractivity contribution >= 4 is 11.9 Å². The molecule has 0 unspecified atom stereocenters. The van der Waals surface area contributed by atoms with Crippen molar-refractivity contribution in [1.82, 2.24) is 5.32 Å². The van der Waals surface area contributed by atoms with Gasteiger partial charge in [-0.3, -0.25) is 4.79 Å². The van der Waals surface area contributed by atoms with Crippen molar-refractivity contribution in [3.05, 3.63) is 29.8 Å². The molecule has 1 aromatic carbocycles. The Kier molecular flexibility index (Phi) is 7.25. The minimum absolute atomic E-state index is 0.0285. The van der Waals surface area contributed by atoms with Crippen LogP contribution in [-0.4, -0.2) is 41.3 Å². The number of hydrogen-bond acceptors (Lipinski definition) is 4. The van der Waals surface area contributed by atoms with Crippen LogP contribution in [0.1, 0.15) is 36.5 Å². The van der Waals surface area contributed by atoms with Crippen LogP contribution in [-0.2, 0) is 4.79 Å². The molecule has 0 radical (unpaired) electrons. The SMILES string of the molecule is CCCCOc1ccc(C(=O)N[C@@H](CCO)C(=O)O)cc1. The number of carbonyl (C=O) groups excluding carboxylic acids is 1. The Labute approximate surface area is 123 Å². The molecule has 1 aromatic rings. The van der Waals surface area contributed by atoms with E-state index in [1.807, 2.05) is 0 Å². The van der Waals surface area contributed by atoms with Crippen LogP contribution in [0.3, 0.4) is 0 Å². The van der Waals surface area contributed by atoms with Crippen LogP contribution in [0, 0.1) is 0 Å². The van der Waals surface area contributed by atoms with E-state index in [0.717, 1.165) is 12.8 Å². The second kappa shape index (κ2) is 8.97. The lowest BCUT2D eigenvalue weighted by atomic mass is 10.1. The number of unbranched alkanes of at least 4 members (excludes halogenated alkanes) is 1. The summed E-state index contributed by atoms with van der Waals surface area (Å²) in [6.07, 6.45) is 1.98. The van der Waals surface area contributed by atoms with E-state index in [2.05, 4.69) is 12.2 Å². The van der Waals surface area contributed by atoms with E-state index < -0.39 is 17.9 Å². The highest BCUT2D eigenvalue weighted by Gasteiger charge is 2.19. The quantitative estimate of drug-likeness (QED) is 0.599. The van der Waals surface area contributed by atoms with Gasteiger partial charge >= 0.3 is 5.97 Å². The molecular weight excluding hydrogens is 274 g/mol. The molecule has 1 amide bonds. The van der Waals surface area contributed by atoms with Crippen LogP contribution in [0.15, 0.2) is 24.3 Å². The first kappa shape index (κ1) is 17.0. The van der Waals surface area contributed by atoms with Crippen LogP contribution in [0.5, 0.6) is 5.75 Å². The second-order valence-electron chi connectivity index (χ2n) is 4.60. The third-order valence-corrected chi connectivity index (χ3v) is 2.90. The van der Waals surface area contributed by atoms with Crippen molar-refractivity contribution in [2.45, 2.75) is 32.2 Å². The summed E-state index contributed by atoms with van der Waals surface area (Å²) >= 11 is 0. The zero-order chi connectivity index (χ0) is 15.7. The lowest BCUT2D eigenvalue weighted by Crippen LogP contribution is -2.41. The molecule has 0 aliphatic rings. The molecule has 0 saturated heterocycles. The number of carboxylic acid groups (broad SMARTS) is 1. The number of ether oxygens (including phenoxy) is 1. The van der Waals surface area contributed by atoms with Crippen LogP contribution in [0.25, 0.3) is 0 Å². The van der Waals surface area contributed by atoms with Gasteiger partial charge in [0.1, 0.15) is 11.8 Å². The van der Waals surface area contributed by atoms with E-state index in [-0.39, 0.29) is 13.0 Å². The van der Waals surface area contributed by atoms with Gasteiger partial charge in [0.05, 0.1) is 6.61 Å². The molecule has 0 spiro atoms. The van der Waals surface area contributed by atoms with Gasteiger partial charge in [-0.15, -0.1) is 0 Å². The van der Waals surface area contributed by atoms with Gasteiger partial charge in [-0.25, -0.2) is 4.79 Å². The molecule has 1 atom stereocenters. The zero-order valence-electron chi connectivity index (χ0n) is 12.0. The summed E-state index contributed by atoms with van der Waals surface area (Å²) in [7, 11) is 0. The normalized spacial score (nSPS) is 11.7. The van der Waals surface area contributed by atoms with Gasteiger partial charge in [-0.1, -0.05) is 13.3 Å². The van der Waals surface area contributed by atoms with E-state index in [1.165, 1.54) is 0 Å². The van der Waals surface area contributed by atoms with Crippen molar-refractivity contribution in [3.63, 3.8) is 0 Å². The van der Waals surface area contributed by atoms with Gasteiger partial charge in [-0.2, -0.15) is 0 Å². The standard InChI is InChI=1S/C15H21NO5/c1-2-3-10-21-12-6-4-11(5-7-12)14(18)16-13(8-9-17)15(19)20/h4-7,13,17H,2-3,8-10H2,1H3,(H,16,18)(H,19,20)/t13-/m0/s1. The summed E-state index contributed by atoms with van der Waals surface area (Å²) in [5, 5.41) is 20.1. The Hall–Kier alpha value is -2.08. The highest BCUT2D eigenvalue weighted by Crippen LogP contribution is 2.13. The maximum atomic E-state index is 11.9. The molecule has 21 heavy (non-hydrogen) atoms. The molecule has 0 saturated carbocycles. The number of rotatable bonds is 9. The Balaban J connectivity index is 2.59. The average Bonchev–Trinajstić information content (AvgIpc) is 2.47.